The van der Waals surface area contributed by atoms with Crippen LogP contribution in [-0.2, 0) is 0 Å². The van der Waals surface area contributed by atoms with Crippen molar-refractivity contribution in [3.8, 4) is 0 Å². The van der Waals surface area contributed by atoms with Crippen molar-refractivity contribution in [2.75, 3.05) is 7.05 Å². The molecular formula is C17H23N3. The number of hydrogen-bond acceptors (Lipinski definition) is 3. The van der Waals surface area contributed by atoms with E-state index in [-0.39, 0.29) is 12.1 Å². The highest BCUT2D eigenvalue weighted by Gasteiger charge is 2.16. The molecule has 0 saturated carbocycles. The van der Waals surface area contributed by atoms with Crippen molar-refractivity contribution in [2.45, 2.75) is 12.1 Å². The van der Waals surface area contributed by atoms with Crippen molar-refractivity contribution in [1.29, 1.82) is 0 Å². The van der Waals surface area contributed by atoms with Gasteiger partial charge in [-0.05, 0) is 23.7 Å². The molecule has 106 valence electrons. The van der Waals surface area contributed by atoms with Crippen LogP contribution in [0.2, 0.25) is 0 Å². The van der Waals surface area contributed by atoms with Gasteiger partial charge < -0.3 is 17.2 Å². The van der Waals surface area contributed by atoms with Gasteiger partial charge in [0.2, 0.25) is 0 Å². The Morgan fingerprint density at radius 2 is 1.40 bits per heavy atom. The molecule has 3 heteroatoms. The Morgan fingerprint density at radius 3 is 2.00 bits per heavy atom. The van der Waals surface area contributed by atoms with Crippen LogP contribution in [0, 0.1) is 0 Å². The Morgan fingerprint density at radius 1 is 0.850 bits per heavy atom. The van der Waals surface area contributed by atoms with Gasteiger partial charge in [0, 0.05) is 12.1 Å². The number of benzene rings is 2. The van der Waals surface area contributed by atoms with Crippen LogP contribution in [0.5, 0.6) is 0 Å². The van der Waals surface area contributed by atoms with Gasteiger partial charge in [-0.15, -0.1) is 0 Å². The molecule has 2 unspecified atom stereocenters. The zero-order valence-corrected chi connectivity index (χ0v) is 11.9. The molecule has 0 fully saturated rings. The lowest BCUT2D eigenvalue weighted by molar-refractivity contribution is 0.574. The van der Waals surface area contributed by atoms with Gasteiger partial charge in [0.05, 0.1) is 0 Å². The van der Waals surface area contributed by atoms with Gasteiger partial charge in [-0.2, -0.15) is 0 Å². The normalized spacial score (nSPS) is 12.8. The maximum atomic E-state index is 6.23. The third kappa shape index (κ3) is 4.03. The van der Waals surface area contributed by atoms with Crippen LogP contribution >= 0.6 is 0 Å². The lowest BCUT2D eigenvalue weighted by Crippen LogP contribution is -2.26. The summed E-state index contributed by atoms with van der Waals surface area (Å²) < 4.78 is 0. The third-order valence-electron chi connectivity index (χ3n) is 3.10. The highest BCUT2D eigenvalue weighted by molar-refractivity contribution is 5.48. The van der Waals surface area contributed by atoms with Crippen LogP contribution in [-0.4, -0.2) is 7.05 Å². The van der Waals surface area contributed by atoms with E-state index < -0.39 is 0 Å². The van der Waals surface area contributed by atoms with Crippen LogP contribution in [0.25, 0.3) is 6.08 Å². The minimum atomic E-state index is -0.215. The molecule has 0 spiro atoms. The van der Waals surface area contributed by atoms with Crippen LogP contribution in [0.1, 0.15) is 28.8 Å². The van der Waals surface area contributed by atoms with Gasteiger partial charge in [-0.3, -0.25) is 0 Å². The first-order chi connectivity index (χ1) is 9.72. The molecule has 0 amide bonds. The van der Waals surface area contributed by atoms with Gasteiger partial charge in [0.15, 0.2) is 0 Å². The van der Waals surface area contributed by atoms with E-state index in [0.717, 1.165) is 16.7 Å². The van der Waals surface area contributed by atoms with Crippen molar-refractivity contribution in [2.24, 2.45) is 17.2 Å². The molecule has 0 bridgehead atoms. The van der Waals surface area contributed by atoms with Crippen molar-refractivity contribution in [1.82, 2.24) is 0 Å². The first-order valence-corrected chi connectivity index (χ1v) is 6.58. The molecule has 0 saturated heterocycles. The molecule has 0 aromatic heterocycles. The molecule has 2 atom stereocenters. The lowest BCUT2D eigenvalue weighted by Gasteiger charge is -2.21. The molecule has 0 aliphatic carbocycles. The molecule has 0 heterocycles. The van der Waals surface area contributed by atoms with Crippen LogP contribution in [0.3, 0.4) is 0 Å². The highest BCUT2D eigenvalue weighted by atomic mass is 14.8. The number of nitrogens with two attached hydrogens (primary N) is 3. The maximum absolute atomic E-state index is 6.23. The fourth-order valence-electron chi connectivity index (χ4n) is 1.98. The van der Waals surface area contributed by atoms with E-state index in [4.69, 9.17) is 11.5 Å². The summed E-state index contributed by atoms with van der Waals surface area (Å²) >= 11 is 0. The second-order valence-corrected chi connectivity index (χ2v) is 4.34. The second-order valence-electron chi connectivity index (χ2n) is 4.34. The Bertz CT molecular complexity index is 523. The van der Waals surface area contributed by atoms with Gasteiger partial charge in [0.25, 0.3) is 0 Å². The molecular weight excluding hydrogens is 246 g/mol. The predicted octanol–water partition coefficient (Wildman–Crippen LogP) is 2.60. The summed E-state index contributed by atoms with van der Waals surface area (Å²) in [6.07, 6.45) is 1.81. The third-order valence-corrected chi connectivity index (χ3v) is 3.10. The minimum absolute atomic E-state index is 0.203. The summed E-state index contributed by atoms with van der Waals surface area (Å²) in [4.78, 5) is 0. The maximum Gasteiger partial charge on any atom is 0.0491 e. The molecule has 0 radical (unpaired) electrons. The molecule has 2 aromatic carbocycles. The zero-order chi connectivity index (χ0) is 15.0. The summed E-state index contributed by atoms with van der Waals surface area (Å²) in [5, 5.41) is 0. The van der Waals surface area contributed by atoms with Gasteiger partial charge in [-0.1, -0.05) is 67.3 Å². The largest absolute Gasteiger partial charge is 0.333 e. The number of rotatable bonds is 4. The summed E-state index contributed by atoms with van der Waals surface area (Å²) in [6, 6.07) is 17.5. The van der Waals surface area contributed by atoms with E-state index in [0.29, 0.717) is 0 Å². The van der Waals surface area contributed by atoms with Gasteiger partial charge >= 0.3 is 0 Å². The SMILES string of the molecule is C=Cc1cccc(C(N)C(N)c2ccccc2)c1.CN. The lowest BCUT2D eigenvalue weighted by atomic mass is 9.94. The Labute approximate surface area is 121 Å². The van der Waals surface area contributed by atoms with Crippen molar-refractivity contribution < 1.29 is 0 Å². The quantitative estimate of drug-likeness (QED) is 0.798. The zero-order valence-electron chi connectivity index (χ0n) is 11.9. The van der Waals surface area contributed by atoms with Crippen molar-refractivity contribution in [3.63, 3.8) is 0 Å². The van der Waals surface area contributed by atoms with Crippen LogP contribution in [0.15, 0.2) is 61.2 Å². The average molecular weight is 269 g/mol. The monoisotopic (exact) mass is 269 g/mol. The van der Waals surface area contributed by atoms with E-state index in [2.05, 4.69) is 12.3 Å². The second kappa shape index (κ2) is 8.27. The summed E-state index contributed by atoms with van der Waals surface area (Å²) in [5.74, 6) is 0. The Hall–Kier alpha value is -1.94. The predicted molar refractivity (Wildman–Crippen MR) is 86.9 cm³/mol. The molecule has 20 heavy (non-hydrogen) atoms. The van der Waals surface area contributed by atoms with E-state index in [1.807, 2.05) is 60.7 Å². The molecule has 3 nitrogen and oxygen atoms in total. The van der Waals surface area contributed by atoms with Crippen LogP contribution in [0.4, 0.5) is 0 Å². The van der Waals surface area contributed by atoms with E-state index >= 15 is 0 Å². The fraction of sp³-hybridized carbons (Fsp3) is 0.176. The average Bonchev–Trinajstić information content (AvgIpc) is 2.56. The molecule has 0 aliphatic heterocycles. The molecule has 2 aromatic rings. The Kier molecular flexibility index (Phi) is 6.67. The van der Waals surface area contributed by atoms with Crippen LogP contribution < -0.4 is 17.2 Å². The summed E-state index contributed by atoms with van der Waals surface area (Å²) in [5.41, 5.74) is 20.1. The first-order valence-electron chi connectivity index (χ1n) is 6.58. The first kappa shape index (κ1) is 16.1. The van der Waals surface area contributed by atoms with Crippen molar-refractivity contribution >= 4 is 6.08 Å². The highest BCUT2D eigenvalue weighted by Crippen LogP contribution is 2.25. The van der Waals surface area contributed by atoms with E-state index in [1.165, 1.54) is 7.05 Å². The molecule has 6 N–H and O–H groups in total. The standard InChI is InChI=1S/C16H18N2.CH5N/c1-2-12-7-6-10-14(11-12)16(18)15(17)13-8-4-3-5-9-13;1-2/h2-11,15-16H,1,17-18H2;2H2,1H3. The summed E-state index contributed by atoms with van der Waals surface area (Å²) in [6.45, 7) is 3.76. The summed E-state index contributed by atoms with van der Waals surface area (Å²) in [7, 11) is 1.50. The number of hydrogen-bond donors (Lipinski definition) is 3. The molecule has 0 aliphatic rings. The van der Waals surface area contributed by atoms with Crippen molar-refractivity contribution in [3.05, 3.63) is 77.9 Å². The van der Waals surface area contributed by atoms with E-state index in [9.17, 15) is 0 Å². The topological polar surface area (TPSA) is 78.1 Å². The fourth-order valence-corrected chi connectivity index (χ4v) is 1.98. The van der Waals surface area contributed by atoms with E-state index in [1.54, 1.807) is 0 Å². The van der Waals surface area contributed by atoms with Gasteiger partial charge in [0.1, 0.15) is 0 Å². The Balaban J connectivity index is 0.000000956. The molecule has 2 rings (SSSR count). The minimum Gasteiger partial charge on any atom is -0.333 e. The van der Waals surface area contributed by atoms with Gasteiger partial charge in [-0.25, -0.2) is 0 Å². The smallest absolute Gasteiger partial charge is 0.0491 e.